The highest BCUT2D eigenvalue weighted by atomic mass is 28.2. The van der Waals surface area contributed by atoms with Gasteiger partial charge in [0, 0.05) is 5.60 Å². The molecule has 15 heavy (non-hydrogen) atoms. The van der Waals surface area contributed by atoms with Gasteiger partial charge in [-0.2, -0.15) is 0 Å². The molecule has 0 fully saturated rings. The van der Waals surface area contributed by atoms with Gasteiger partial charge in [0.1, 0.15) is 0 Å². The summed E-state index contributed by atoms with van der Waals surface area (Å²) in [5.74, 6) is 0. The van der Waals surface area contributed by atoms with Crippen LogP contribution in [0, 0.1) is 0 Å². The zero-order valence-corrected chi connectivity index (χ0v) is 12.8. The van der Waals surface area contributed by atoms with E-state index in [0.29, 0.717) is 0 Å². The number of unbranched alkanes of at least 4 members (excludes halogenated alkanes) is 2. The van der Waals surface area contributed by atoms with Crippen LogP contribution in [-0.2, 0) is 4.43 Å². The number of hydrogen-bond acceptors (Lipinski definition) is 1. The van der Waals surface area contributed by atoms with Crippen molar-refractivity contribution in [2.24, 2.45) is 0 Å². The van der Waals surface area contributed by atoms with Gasteiger partial charge in [0.15, 0.2) is 9.76 Å². The first-order valence-corrected chi connectivity index (χ1v) is 8.03. The molecular weight excluding hydrogens is 200 g/mol. The van der Waals surface area contributed by atoms with E-state index < -0.39 is 0 Å². The van der Waals surface area contributed by atoms with Crippen LogP contribution < -0.4 is 0 Å². The van der Waals surface area contributed by atoms with Gasteiger partial charge in [-0.1, -0.05) is 52.4 Å². The molecule has 0 aliphatic carbocycles. The van der Waals surface area contributed by atoms with Crippen LogP contribution in [0.15, 0.2) is 0 Å². The minimum absolute atomic E-state index is 0.0862. The monoisotopic (exact) mass is 230 g/mol. The van der Waals surface area contributed by atoms with Crippen LogP contribution in [0.25, 0.3) is 0 Å². The molecular formula is C13H30OSi. The summed E-state index contributed by atoms with van der Waals surface area (Å²) < 4.78 is 6.02. The van der Waals surface area contributed by atoms with Gasteiger partial charge in [-0.05, 0) is 26.3 Å². The summed E-state index contributed by atoms with van der Waals surface area (Å²) in [5.41, 5.74) is 1.01. The molecule has 0 unspecified atom stereocenters. The third-order valence-electron chi connectivity index (χ3n) is 2.68. The molecule has 0 bridgehead atoms. The highest BCUT2D eigenvalue weighted by Crippen LogP contribution is 2.23. The van der Waals surface area contributed by atoms with Crippen LogP contribution in [0.5, 0.6) is 0 Å². The van der Waals surface area contributed by atoms with Gasteiger partial charge < -0.3 is 4.43 Å². The van der Waals surface area contributed by atoms with Crippen molar-refractivity contribution < 1.29 is 4.43 Å². The van der Waals surface area contributed by atoms with Gasteiger partial charge in [-0.15, -0.1) is 0 Å². The van der Waals surface area contributed by atoms with Crippen molar-refractivity contribution in [3.8, 4) is 0 Å². The highest BCUT2D eigenvalue weighted by molar-refractivity contribution is 6.29. The summed E-state index contributed by atoms with van der Waals surface area (Å²) in [6.45, 7) is 11.1. The normalized spacial score (nSPS) is 13.2. The van der Waals surface area contributed by atoms with E-state index in [-0.39, 0.29) is 15.4 Å². The summed E-state index contributed by atoms with van der Waals surface area (Å²) in [5, 5.41) is 0. The number of hydrogen-bond donors (Lipinski definition) is 0. The predicted molar refractivity (Wildman–Crippen MR) is 72.2 cm³/mol. The Kier molecular flexibility index (Phi) is 8.44. The van der Waals surface area contributed by atoms with Crippen molar-refractivity contribution in [3.05, 3.63) is 0 Å². The maximum absolute atomic E-state index is 6.02. The van der Waals surface area contributed by atoms with Crippen LogP contribution in [-0.4, -0.2) is 15.4 Å². The SMILES string of the molecule is CCCCC(CCCC)[SiH2]OC(C)(C)C. The maximum Gasteiger partial charge on any atom is 0.165 e. The van der Waals surface area contributed by atoms with E-state index in [9.17, 15) is 0 Å². The smallest absolute Gasteiger partial charge is 0.165 e. The molecule has 0 aliphatic rings. The Morgan fingerprint density at radius 2 is 1.47 bits per heavy atom. The average molecular weight is 230 g/mol. The molecule has 0 rings (SSSR count). The molecule has 0 aromatic rings. The molecule has 0 atom stereocenters. The number of rotatable bonds is 8. The minimum atomic E-state index is -0.320. The summed E-state index contributed by atoms with van der Waals surface area (Å²) in [4.78, 5) is 0. The summed E-state index contributed by atoms with van der Waals surface area (Å²) in [7, 11) is -0.320. The van der Waals surface area contributed by atoms with Crippen molar-refractivity contribution in [2.45, 2.75) is 84.3 Å². The maximum atomic E-state index is 6.02. The highest BCUT2D eigenvalue weighted by Gasteiger charge is 2.15. The topological polar surface area (TPSA) is 9.23 Å². The Bertz CT molecular complexity index is 132. The molecule has 0 aliphatic heterocycles. The van der Waals surface area contributed by atoms with Gasteiger partial charge in [-0.25, -0.2) is 0 Å². The molecule has 0 aromatic carbocycles. The Balaban J connectivity index is 3.78. The van der Waals surface area contributed by atoms with E-state index in [1.54, 1.807) is 0 Å². The van der Waals surface area contributed by atoms with Crippen LogP contribution in [0.2, 0.25) is 5.54 Å². The summed E-state index contributed by atoms with van der Waals surface area (Å²) in [6.07, 6.45) is 8.22. The second kappa shape index (κ2) is 8.34. The van der Waals surface area contributed by atoms with Gasteiger partial charge in [0.2, 0.25) is 0 Å². The van der Waals surface area contributed by atoms with Gasteiger partial charge >= 0.3 is 0 Å². The molecule has 0 amide bonds. The summed E-state index contributed by atoms with van der Waals surface area (Å²) >= 11 is 0. The summed E-state index contributed by atoms with van der Waals surface area (Å²) in [6, 6.07) is 0. The standard InChI is InChI=1S/C13H30OSi/c1-6-8-10-12(11-9-7-2)15-14-13(3,4)5/h12H,6-11,15H2,1-5H3. The molecule has 0 spiro atoms. The van der Waals surface area contributed by atoms with Gasteiger partial charge in [-0.3, -0.25) is 0 Å². The molecule has 0 radical (unpaired) electrons. The van der Waals surface area contributed by atoms with E-state index in [1.165, 1.54) is 38.5 Å². The lowest BCUT2D eigenvalue weighted by Crippen LogP contribution is -2.24. The van der Waals surface area contributed by atoms with Gasteiger partial charge in [0.25, 0.3) is 0 Å². The molecule has 0 N–H and O–H groups in total. The van der Waals surface area contributed by atoms with E-state index in [4.69, 9.17) is 4.43 Å². The fraction of sp³-hybridized carbons (Fsp3) is 1.00. The van der Waals surface area contributed by atoms with Crippen molar-refractivity contribution in [1.29, 1.82) is 0 Å². The molecule has 92 valence electrons. The van der Waals surface area contributed by atoms with Gasteiger partial charge in [0.05, 0.1) is 0 Å². The molecule has 0 saturated heterocycles. The lowest BCUT2D eigenvalue weighted by atomic mass is 10.1. The fourth-order valence-corrected chi connectivity index (χ4v) is 3.31. The molecule has 0 aromatic heterocycles. The van der Waals surface area contributed by atoms with Crippen molar-refractivity contribution in [1.82, 2.24) is 0 Å². The Morgan fingerprint density at radius 1 is 1.00 bits per heavy atom. The first kappa shape index (κ1) is 15.2. The largest absolute Gasteiger partial charge is 0.419 e. The first-order valence-electron chi connectivity index (χ1n) is 6.63. The van der Waals surface area contributed by atoms with Crippen LogP contribution in [0.3, 0.4) is 0 Å². The Hall–Kier alpha value is 0.177. The minimum Gasteiger partial charge on any atom is -0.419 e. The Morgan fingerprint density at radius 3 is 1.80 bits per heavy atom. The lowest BCUT2D eigenvalue weighted by molar-refractivity contribution is 0.134. The quantitative estimate of drug-likeness (QED) is 0.572. The Labute approximate surface area is 98.9 Å². The lowest BCUT2D eigenvalue weighted by Gasteiger charge is -2.24. The molecule has 1 nitrogen and oxygen atoms in total. The van der Waals surface area contributed by atoms with Crippen molar-refractivity contribution >= 4 is 9.76 Å². The van der Waals surface area contributed by atoms with Crippen LogP contribution in [0.4, 0.5) is 0 Å². The predicted octanol–water partition coefficient (Wildman–Crippen LogP) is 4.05. The van der Waals surface area contributed by atoms with E-state index >= 15 is 0 Å². The van der Waals surface area contributed by atoms with E-state index in [0.717, 1.165) is 5.54 Å². The molecule has 0 heterocycles. The van der Waals surface area contributed by atoms with Crippen LogP contribution in [0.1, 0.15) is 73.1 Å². The second-order valence-corrected chi connectivity index (χ2v) is 7.35. The molecule has 0 saturated carbocycles. The van der Waals surface area contributed by atoms with E-state index in [1.807, 2.05) is 0 Å². The zero-order chi connectivity index (χ0) is 11.7. The van der Waals surface area contributed by atoms with Crippen molar-refractivity contribution in [2.75, 3.05) is 0 Å². The van der Waals surface area contributed by atoms with E-state index in [2.05, 4.69) is 34.6 Å². The first-order chi connectivity index (χ1) is 6.99. The second-order valence-electron chi connectivity index (χ2n) is 5.57. The average Bonchev–Trinajstić information content (AvgIpc) is 2.15. The third kappa shape index (κ3) is 10.5. The zero-order valence-electron chi connectivity index (χ0n) is 11.4. The van der Waals surface area contributed by atoms with Crippen LogP contribution >= 0.6 is 0 Å². The third-order valence-corrected chi connectivity index (χ3v) is 5.00. The fourth-order valence-electron chi connectivity index (χ4n) is 1.66. The van der Waals surface area contributed by atoms with Crippen molar-refractivity contribution in [3.63, 3.8) is 0 Å². The molecule has 2 heteroatoms.